The Morgan fingerprint density at radius 2 is 1.37 bits per heavy atom. The quantitative estimate of drug-likeness (QED) is 0.286. The normalized spacial score (nSPS) is 25.1. The number of carbonyl (C=O) groups excluding carboxylic acids is 2. The molecule has 0 N–H and O–H groups in total. The number of piperazine rings is 1. The van der Waals surface area contributed by atoms with Crippen LogP contribution >= 0.6 is 39.5 Å². The number of amides is 2. The third-order valence-electron chi connectivity index (χ3n) is 7.35. The molecule has 3 aromatic rings. The summed E-state index contributed by atoms with van der Waals surface area (Å²) in [5, 5.41) is 0.769. The van der Waals surface area contributed by atoms with Crippen LogP contribution in [-0.2, 0) is 32.7 Å². The molecule has 0 aromatic heterocycles. The molecule has 0 spiro atoms. The lowest BCUT2D eigenvalue weighted by molar-refractivity contribution is -0.166. The first-order chi connectivity index (χ1) is 18.3. The highest BCUT2D eigenvalue weighted by atomic mass is 79.9. The smallest absolute Gasteiger partial charge is 0.262 e. The second kappa shape index (κ2) is 11.1. The van der Waals surface area contributed by atoms with Gasteiger partial charge in [-0.3, -0.25) is 9.59 Å². The number of rotatable bonds is 8. The minimum absolute atomic E-state index is 0.0698. The lowest BCUT2D eigenvalue weighted by Crippen LogP contribution is -2.73. The highest BCUT2D eigenvalue weighted by molar-refractivity contribution is 9.08. The predicted molar refractivity (Wildman–Crippen MR) is 159 cm³/mol. The first-order valence-electron chi connectivity index (χ1n) is 12.5. The molecule has 0 radical (unpaired) electrons. The van der Waals surface area contributed by atoms with E-state index in [-0.39, 0.29) is 23.0 Å². The Morgan fingerprint density at radius 1 is 0.789 bits per heavy atom. The molecule has 2 amide bonds. The van der Waals surface area contributed by atoms with Crippen LogP contribution in [0.1, 0.15) is 32.4 Å². The van der Waals surface area contributed by atoms with E-state index in [2.05, 4.69) is 71.4 Å². The fourth-order valence-electron chi connectivity index (χ4n) is 4.97. The number of benzene rings is 3. The zero-order valence-corrected chi connectivity index (χ0v) is 24.9. The summed E-state index contributed by atoms with van der Waals surface area (Å²) >= 11 is 6.59. The molecule has 3 aliphatic heterocycles. The highest BCUT2D eigenvalue weighted by Gasteiger charge is 2.66. The third-order valence-corrected chi connectivity index (χ3v) is 11.5. The minimum atomic E-state index is -1.16. The van der Waals surface area contributed by atoms with Gasteiger partial charge in [-0.2, -0.15) is 0 Å². The van der Waals surface area contributed by atoms with E-state index >= 15 is 0 Å². The molecule has 2 bridgehead atoms. The first-order valence-corrected chi connectivity index (χ1v) is 15.4. The molecule has 0 saturated carbocycles. The molecule has 3 atom stereocenters. The van der Waals surface area contributed by atoms with Crippen molar-refractivity contribution in [2.45, 2.75) is 39.6 Å². The summed E-state index contributed by atoms with van der Waals surface area (Å²) in [4.78, 5) is 29.7. The summed E-state index contributed by atoms with van der Waals surface area (Å²) in [5.74, 6) is -0.170. The number of thioether (sulfide) groups is 2. The number of fused-ring (bicyclic) bond motifs is 4. The molecule has 6 rings (SSSR count). The topological polar surface area (TPSA) is 49.9 Å². The number of hydrogen-bond donors (Lipinski definition) is 0. The van der Waals surface area contributed by atoms with Gasteiger partial charge >= 0.3 is 0 Å². The maximum atomic E-state index is 14.3. The van der Waals surface area contributed by atoms with Crippen LogP contribution < -0.4 is 0 Å². The zero-order valence-electron chi connectivity index (χ0n) is 21.7. The number of ether oxygens (including phenoxy) is 1. The predicted octanol–water partition coefficient (Wildman–Crippen LogP) is 6.15. The third kappa shape index (κ3) is 4.92. The monoisotopic (exact) mass is 610 g/mol. The maximum absolute atomic E-state index is 14.3. The fraction of sp³-hybridized carbons (Fsp3) is 0.333. The number of likely N-dealkylation sites (N-methyl/N-ethyl adjacent to an activating group) is 2. The Balaban J connectivity index is 1.54. The van der Waals surface area contributed by atoms with Crippen LogP contribution in [0.25, 0.3) is 0 Å². The summed E-state index contributed by atoms with van der Waals surface area (Å²) in [6.45, 7) is 2.54. The molecule has 3 aliphatic rings. The molecule has 3 fully saturated rings. The summed E-state index contributed by atoms with van der Waals surface area (Å²) in [6.07, 6.45) is 0.426. The molecular weight excluding hydrogens is 580 g/mol. The summed E-state index contributed by atoms with van der Waals surface area (Å²) < 4.78 is 6.04. The number of nitrogens with zero attached hydrogens (tertiary/aromatic N) is 2. The van der Waals surface area contributed by atoms with Crippen molar-refractivity contribution in [3.05, 3.63) is 107 Å². The Hall–Kier alpha value is -2.26. The van der Waals surface area contributed by atoms with E-state index in [1.807, 2.05) is 30.3 Å². The van der Waals surface area contributed by atoms with Crippen LogP contribution in [0, 0.1) is 6.92 Å². The largest absolute Gasteiger partial charge is 0.373 e. The van der Waals surface area contributed by atoms with Crippen molar-refractivity contribution in [2.75, 3.05) is 20.7 Å². The van der Waals surface area contributed by atoms with Gasteiger partial charge in [0, 0.05) is 25.8 Å². The molecule has 0 aliphatic carbocycles. The second-order valence-corrected chi connectivity index (χ2v) is 13.5. The minimum Gasteiger partial charge on any atom is -0.373 e. The number of halogens is 1. The van der Waals surface area contributed by atoms with Crippen molar-refractivity contribution < 1.29 is 14.3 Å². The van der Waals surface area contributed by atoms with E-state index in [1.54, 1.807) is 35.7 Å². The Bertz CT molecular complexity index is 1310. The van der Waals surface area contributed by atoms with Crippen LogP contribution in [0.5, 0.6) is 0 Å². The van der Waals surface area contributed by atoms with Crippen molar-refractivity contribution in [1.29, 1.82) is 0 Å². The van der Waals surface area contributed by atoms with Crippen molar-refractivity contribution in [2.24, 2.45) is 0 Å². The van der Waals surface area contributed by atoms with Crippen molar-refractivity contribution in [3.63, 3.8) is 0 Å². The maximum Gasteiger partial charge on any atom is 0.262 e. The lowest BCUT2D eigenvalue weighted by atomic mass is 9.97. The van der Waals surface area contributed by atoms with Gasteiger partial charge in [0.2, 0.25) is 0 Å². The molecule has 198 valence electrons. The van der Waals surface area contributed by atoms with Crippen LogP contribution in [0.3, 0.4) is 0 Å². The average molecular weight is 612 g/mol. The van der Waals surface area contributed by atoms with Gasteiger partial charge in [-0.05, 0) is 29.2 Å². The van der Waals surface area contributed by atoms with Gasteiger partial charge in [-0.1, -0.05) is 100 Å². The SMILES string of the molecule is Cc1ccc(C2S[C@@]3(COCc4ccccc4)C(=O)N(C)[C@@](Cc4ccc(CBr)cc4)(S2)C(=O)N3C)cc1. The van der Waals surface area contributed by atoms with E-state index in [1.165, 1.54) is 22.9 Å². The second-order valence-electron chi connectivity index (χ2n) is 9.88. The van der Waals surface area contributed by atoms with Gasteiger partial charge in [0.1, 0.15) is 0 Å². The Kier molecular flexibility index (Phi) is 7.96. The van der Waals surface area contributed by atoms with Gasteiger partial charge in [0.15, 0.2) is 9.74 Å². The van der Waals surface area contributed by atoms with Gasteiger partial charge in [-0.25, -0.2) is 0 Å². The number of hydrogen-bond acceptors (Lipinski definition) is 5. The molecule has 5 nitrogen and oxygen atoms in total. The van der Waals surface area contributed by atoms with Gasteiger partial charge in [-0.15, -0.1) is 23.5 Å². The first kappa shape index (κ1) is 27.3. The molecule has 3 saturated heterocycles. The van der Waals surface area contributed by atoms with Gasteiger partial charge < -0.3 is 14.5 Å². The van der Waals surface area contributed by atoms with E-state index in [4.69, 9.17) is 4.74 Å². The van der Waals surface area contributed by atoms with E-state index in [0.29, 0.717) is 13.0 Å². The van der Waals surface area contributed by atoms with E-state index in [0.717, 1.165) is 22.0 Å². The van der Waals surface area contributed by atoms with E-state index < -0.39 is 9.74 Å². The average Bonchev–Trinajstić information content (AvgIpc) is 3.09. The van der Waals surface area contributed by atoms with Crippen LogP contribution in [0.2, 0.25) is 0 Å². The molecule has 38 heavy (non-hydrogen) atoms. The molecule has 1 unspecified atom stereocenters. The Morgan fingerprint density at radius 3 is 2.03 bits per heavy atom. The summed E-state index contributed by atoms with van der Waals surface area (Å²) in [5.41, 5.74) is 5.47. The van der Waals surface area contributed by atoms with Gasteiger partial charge in [0.25, 0.3) is 11.8 Å². The van der Waals surface area contributed by atoms with Crippen molar-refractivity contribution in [3.8, 4) is 0 Å². The summed E-state index contributed by atoms with van der Waals surface area (Å²) in [7, 11) is 3.53. The highest BCUT2D eigenvalue weighted by Crippen LogP contribution is 2.61. The molecule has 3 heterocycles. The van der Waals surface area contributed by atoms with Crippen LogP contribution in [-0.4, -0.2) is 52.1 Å². The van der Waals surface area contributed by atoms with Crippen molar-refractivity contribution >= 4 is 51.3 Å². The van der Waals surface area contributed by atoms with Crippen molar-refractivity contribution in [1.82, 2.24) is 9.80 Å². The number of aryl methyl sites for hydroxylation is 1. The number of carbonyl (C=O) groups is 2. The standard InChI is InChI=1S/C30H31BrN2O3S2/c1-21-9-15-25(16-10-21)26-37-29(17-22-11-13-23(18-31)14-12-22)27(34)33(3)30(38-26,28(35)32(29)2)20-36-19-24-7-5-4-6-8-24/h4-16,26H,17-20H2,1-3H3/t26?,29-,30-/m0/s1. The molecule has 8 heteroatoms. The summed E-state index contributed by atoms with van der Waals surface area (Å²) in [6, 6.07) is 26.5. The molecule has 3 aromatic carbocycles. The van der Waals surface area contributed by atoms with Gasteiger partial charge in [0.05, 0.1) is 17.8 Å². The lowest BCUT2D eigenvalue weighted by Gasteiger charge is -2.51. The Labute approximate surface area is 241 Å². The van der Waals surface area contributed by atoms with Crippen LogP contribution in [0.4, 0.5) is 0 Å². The van der Waals surface area contributed by atoms with E-state index in [9.17, 15) is 9.59 Å². The fourth-order valence-corrected chi connectivity index (χ4v) is 9.14. The number of alkyl halides is 1. The zero-order chi connectivity index (χ0) is 26.9. The molecular formula is C30H31BrN2O3S2. The van der Waals surface area contributed by atoms with Crippen LogP contribution in [0.15, 0.2) is 78.9 Å².